The van der Waals surface area contributed by atoms with E-state index in [9.17, 15) is 5.11 Å². The Balaban J connectivity index is 2.36. The Morgan fingerprint density at radius 2 is 1.34 bits per heavy atom. The van der Waals surface area contributed by atoms with Gasteiger partial charge in [-0.3, -0.25) is 0 Å². The first-order valence-electron chi connectivity index (χ1n) is 11.3. The molecular formula is C26H38O3. The van der Waals surface area contributed by atoms with Crippen molar-refractivity contribution in [2.45, 2.75) is 77.4 Å². The number of aromatic hydroxyl groups is 1. The molecule has 2 rings (SSSR count). The van der Waals surface area contributed by atoms with E-state index in [4.69, 9.17) is 9.47 Å². The summed E-state index contributed by atoms with van der Waals surface area (Å²) < 4.78 is 12.8. The van der Waals surface area contributed by atoms with Crippen LogP contribution in [0.2, 0.25) is 0 Å². The first kappa shape index (κ1) is 23.4. The van der Waals surface area contributed by atoms with Gasteiger partial charge in [0.2, 0.25) is 5.79 Å². The molecule has 0 amide bonds. The molecule has 2 aromatic carbocycles. The van der Waals surface area contributed by atoms with Gasteiger partial charge >= 0.3 is 0 Å². The smallest absolute Gasteiger partial charge is 0.201 e. The van der Waals surface area contributed by atoms with Crippen LogP contribution in [0.25, 0.3) is 0 Å². The zero-order valence-electron chi connectivity index (χ0n) is 18.4. The second-order valence-corrected chi connectivity index (χ2v) is 7.60. The molecule has 0 aliphatic heterocycles. The van der Waals surface area contributed by atoms with E-state index in [1.165, 1.54) is 32.1 Å². The Bertz CT molecular complexity index is 660. The Hall–Kier alpha value is -1.84. The van der Waals surface area contributed by atoms with Crippen LogP contribution in [0.5, 0.6) is 5.75 Å². The van der Waals surface area contributed by atoms with Crippen molar-refractivity contribution < 1.29 is 14.6 Å². The van der Waals surface area contributed by atoms with Crippen molar-refractivity contribution in [1.29, 1.82) is 0 Å². The summed E-state index contributed by atoms with van der Waals surface area (Å²) >= 11 is 0. The summed E-state index contributed by atoms with van der Waals surface area (Å²) in [7, 11) is 0. The van der Waals surface area contributed by atoms with Crippen LogP contribution in [0, 0.1) is 0 Å². The van der Waals surface area contributed by atoms with Crippen LogP contribution in [-0.2, 0) is 15.3 Å². The molecule has 160 valence electrons. The zero-order valence-corrected chi connectivity index (χ0v) is 18.4. The Morgan fingerprint density at radius 1 is 0.759 bits per heavy atom. The summed E-state index contributed by atoms with van der Waals surface area (Å²) in [6.07, 6.45) is 8.49. The molecule has 0 spiro atoms. The van der Waals surface area contributed by atoms with Gasteiger partial charge in [-0.25, -0.2) is 0 Å². The lowest BCUT2D eigenvalue weighted by Crippen LogP contribution is -2.40. The predicted octanol–water partition coefficient (Wildman–Crippen LogP) is 7.15. The predicted molar refractivity (Wildman–Crippen MR) is 120 cm³/mol. The molecule has 0 heterocycles. The number of phenols is 1. The van der Waals surface area contributed by atoms with Gasteiger partial charge in [0.05, 0.1) is 0 Å². The lowest BCUT2D eigenvalue weighted by atomic mass is 9.81. The minimum absolute atomic E-state index is 0.0524. The van der Waals surface area contributed by atoms with Crippen molar-refractivity contribution in [3.8, 4) is 5.75 Å². The molecule has 0 aliphatic rings. The normalized spacial score (nSPS) is 12.8. The van der Waals surface area contributed by atoms with Gasteiger partial charge in [-0.15, -0.1) is 0 Å². The standard InChI is InChI=1S/C26H38O3/c1-4-7-8-9-10-14-17-25(22-18-20-24(27)21-19-22)26(28-5-2,29-6-3)23-15-12-11-13-16-23/h11-13,15-16,18-21,25,27H,4-10,14,17H2,1-3H3. The van der Waals surface area contributed by atoms with Gasteiger partial charge in [-0.2, -0.15) is 0 Å². The highest BCUT2D eigenvalue weighted by Gasteiger charge is 2.43. The van der Waals surface area contributed by atoms with Crippen LogP contribution >= 0.6 is 0 Å². The summed E-state index contributed by atoms with van der Waals surface area (Å²) in [6, 6.07) is 17.8. The van der Waals surface area contributed by atoms with Crippen molar-refractivity contribution in [3.63, 3.8) is 0 Å². The first-order chi connectivity index (χ1) is 14.2. The summed E-state index contributed by atoms with van der Waals surface area (Å²) in [5.74, 6) is -0.493. The van der Waals surface area contributed by atoms with E-state index in [2.05, 4.69) is 19.1 Å². The molecule has 0 saturated heterocycles. The Labute approximate surface area is 177 Å². The number of unbranched alkanes of at least 4 members (excludes halogenated alkanes) is 5. The molecule has 2 aromatic rings. The minimum atomic E-state index is -0.828. The largest absolute Gasteiger partial charge is 0.508 e. The Kier molecular flexibility index (Phi) is 10.2. The lowest BCUT2D eigenvalue weighted by molar-refractivity contribution is -0.258. The van der Waals surface area contributed by atoms with E-state index in [1.807, 2.05) is 44.2 Å². The first-order valence-corrected chi connectivity index (χ1v) is 11.3. The summed E-state index contributed by atoms with van der Waals surface area (Å²) in [4.78, 5) is 0. The second-order valence-electron chi connectivity index (χ2n) is 7.60. The molecule has 0 radical (unpaired) electrons. The number of ether oxygens (including phenoxy) is 2. The van der Waals surface area contributed by atoms with Gasteiger partial charge in [0.25, 0.3) is 0 Å². The molecule has 1 N–H and O–H groups in total. The van der Waals surface area contributed by atoms with Gasteiger partial charge in [-0.05, 0) is 38.0 Å². The van der Waals surface area contributed by atoms with Crippen molar-refractivity contribution >= 4 is 0 Å². The molecule has 3 heteroatoms. The topological polar surface area (TPSA) is 38.7 Å². The van der Waals surface area contributed by atoms with E-state index in [0.29, 0.717) is 13.2 Å². The van der Waals surface area contributed by atoms with Gasteiger partial charge in [0.15, 0.2) is 0 Å². The van der Waals surface area contributed by atoms with Crippen LogP contribution in [0.1, 0.15) is 82.8 Å². The van der Waals surface area contributed by atoms with Crippen molar-refractivity contribution in [1.82, 2.24) is 0 Å². The molecule has 0 bridgehead atoms. The Morgan fingerprint density at radius 3 is 1.93 bits per heavy atom. The van der Waals surface area contributed by atoms with Crippen molar-refractivity contribution in [2.24, 2.45) is 0 Å². The third-order valence-electron chi connectivity index (χ3n) is 5.49. The van der Waals surface area contributed by atoms with Gasteiger partial charge in [-0.1, -0.05) is 87.9 Å². The highest BCUT2D eigenvalue weighted by atomic mass is 16.7. The van der Waals surface area contributed by atoms with E-state index in [0.717, 1.165) is 24.0 Å². The fourth-order valence-corrected chi connectivity index (χ4v) is 4.12. The monoisotopic (exact) mass is 398 g/mol. The molecule has 29 heavy (non-hydrogen) atoms. The summed E-state index contributed by atoms with van der Waals surface area (Å²) in [5.41, 5.74) is 2.19. The lowest BCUT2D eigenvalue weighted by Gasteiger charge is -2.41. The third-order valence-corrected chi connectivity index (χ3v) is 5.49. The SMILES string of the molecule is CCCCCCCCC(c1ccc(O)cc1)C(OCC)(OCC)c1ccccc1. The van der Waals surface area contributed by atoms with E-state index in [-0.39, 0.29) is 11.7 Å². The molecule has 0 aliphatic carbocycles. The fourth-order valence-electron chi connectivity index (χ4n) is 4.12. The zero-order chi connectivity index (χ0) is 21.0. The maximum absolute atomic E-state index is 9.80. The van der Waals surface area contributed by atoms with E-state index < -0.39 is 5.79 Å². The average Bonchev–Trinajstić information content (AvgIpc) is 2.75. The van der Waals surface area contributed by atoms with Crippen molar-refractivity contribution in [3.05, 3.63) is 65.7 Å². The van der Waals surface area contributed by atoms with Crippen LogP contribution in [0.15, 0.2) is 54.6 Å². The van der Waals surface area contributed by atoms with Gasteiger partial charge in [0.1, 0.15) is 5.75 Å². The third kappa shape index (κ3) is 6.58. The molecule has 1 unspecified atom stereocenters. The minimum Gasteiger partial charge on any atom is -0.508 e. The van der Waals surface area contributed by atoms with Crippen LogP contribution in [0.3, 0.4) is 0 Å². The molecule has 0 fully saturated rings. The summed E-state index contributed by atoms with van der Waals surface area (Å²) in [6.45, 7) is 7.43. The molecule has 0 aromatic heterocycles. The molecule has 1 atom stereocenters. The molecular weight excluding hydrogens is 360 g/mol. The number of benzene rings is 2. The average molecular weight is 399 g/mol. The number of hydrogen-bond acceptors (Lipinski definition) is 3. The molecule has 3 nitrogen and oxygen atoms in total. The second kappa shape index (κ2) is 12.7. The summed E-state index contributed by atoms with van der Waals surface area (Å²) in [5, 5.41) is 9.80. The van der Waals surface area contributed by atoms with E-state index >= 15 is 0 Å². The maximum atomic E-state index is 9.80. The number of hydrogen-bond donors (Lipinski definition) is 1. The van der Waals surface area contributed by atoms with Crippen LogP contribution < -0.4 is 0 Å². The fraction of sp³-hybridized carbons (Fsp3) is 0.538. The van der Waals surface area contributed by atoms with Gasteiger partial charge < -0.3 is 14.6 Å². The van der Waals surface area contributed by atoms with Crippen LogP contribution in [-0.4, -0.2) is 18.3 Å². The highest BCUT2D eigenvalue weighted by molar-refractivity contribution is 5.33. The number of phenolic OH excluding ortho intramolecular Hbond substituents is 1. The number of rotatable bonds is 14. The quantitative estimate of drug-likeness (QED) is 0.271. The van der Waals surface area contributed by atoms with Crippen molar-refractivity contribution in [2.75, 3.05) is 13.2 Å². The van der Waals surface area contributed by atoms with E-state index in [1.54, 1.807) is 12.1 Å². The maximum Gasteiger partial charge on any atom is 0.201 e. The molecule has 0 saturated carbocycles. The highest BCUT2D eigenvalue weighted by Crippen LogP contribution is 2.45. The van der Waals surface area contributed by atoms with Gasteiger partial charge in [0, 0.05) is 24.7 Å². The van der Waals surface area contributed by atoms with Crippen LogP contribution in [0.4, 0.5) is 0 Å².